The van der Waals surface area contributed by atoms with Crippen LogP contribution in [0.4, 0.5) is 0 Å². The molecule has 1 amide bonds. The molecule has 8 heteroatoms. The van der Waals surface area contributed by atoms with E-state index in [4.69, 9.17) is 5.11 Å². The minimum atomic E-state index is -1.11. The number of hydrogen-bond acceptors (Lipinski definition) is 5. The molecule has 0 aliphatic carbocycles. The van der Waals surface area contributed by atoms with Gasteiger partial charge in [-0.15, -0.1) is 5.10 Å². The van der Waals surface area contributed by atoms with Crippen molar-refractivity contribution in [3.8, 4) is 0 Å². The highest BCUT2D eigenvalue weighted by molar-refractivity contribution is 5.84. The lowest BCUT2D eigenvalue weighted by molar-refractivity contribution is -0.121. The number of amides is 1. The number of nitrogens with one attached hydrogen (secondary N) is 1. The molecule has 0 unspecified atom stereocenters. The standard InChI is InChI=1S/C10H17N5O3/c1-14(2)5-3-9(16)11-4-6-15-7-8(10(17)18)12-13-15/h7H,3-6H2,1-2H3,(H,11,16)(H,17,18). The van der Waals surface area contributed by atoms with Crippen molar-refractivity contribution in [2.24, 2.45) is 0 Å². The average molecular weight is 255 g/mol. The first kappa shape index (κ1) is 14.1. The molecule has 0 spiro atoms. The maximum absolute atomic E-state index is 11.4. The summed E-state index contributed by atoms with van der Waals surface area (Å²) in [6.45, 7) is 1.49. The molecule has 1 heterocycles. The van der Waals surface area contributed by atoms with Crippen molar-refractivity contribution >= 4 is 11.9 Å². The monoisotopic (exact) mass is 255 g/mol. The lowest BCUT2D eigenvalue weighted by Crippen LogP contribution is -2.30. The predicted molar refractivity (Wildman–Crippen MR) is 63.2 cm³/mol. The second kappa shape index (κ2) is 6.70. The topological polar surface area (TPSA) is 100 Å². The number of carboxylic acids is 1. The molecule has 100 valence electrons. The fourth-order valence-corrected chi connectivity index (χ4v) is 1.23. The van der Waals surface area contributed by atoms with Crippen molar-refractivity contribution in [2.45, 2.75) is 13.0 Å². The molecule has 0 fully saturated rings. The second-order valence-corrected chi connectivity index (χ2v) is 4.08. The number of rotatable bonds is 7. The number of carbonyl (C=O) groups excluding carboxylic acids is 1. The van der Waals surface area contributed by atoms with Crippen molar-refractivity contribution in [1.82, 2.24) is 25.2 Å². The molecule has 0 atom stereocenters. The van der Waals surface area contributed by atoms with Crippen LogP contribution in [0.15, 0.2) is 6.20 Å². The minimum absolute atomic E-state index is 0.0396. The zero-order valence-electron chi connectivity index (χ0n) is 10.5. The van der Waals surface area contributed by atoms with Crippen LogP contribution < -0.4 is 5.32 Å². The molecule has 0 radical (unpaired) electrons. The molecule has 1 aromatic heterocycles. The Bertz CT molecular complexity index is 415. The lowest BCUT2D eigenvalue weighted by Gasteiger charge is -2.09. The number of hydrogen-bond donors (Lipinski definition) is 2. The largest absolute Gasteiger partial charge is 0.476 e. The van der Waals surface area contributed by atoms with Crippen molar-refractivity contribution in [3.63, 3.8) is 0 Å². The summed E-state index contributed by atoms with van der Waals surface area (Å²) < 4.78 is 1.38. The number of aromatic carboxylic acids is 1. The van der Waals surface area contributed by atoms with Crippen LogP contribution in [0.25, 0.3) is 0 Å². The van der Waals surface area contributed by atoms with Gasteiger partial charge in [0.15, 0.2) is 5.69 Å². The van der Waals surface area contributed by atoms with Crippen LogP contribution in [-0.2, 0) is 11.3 Å². The van der Waals surface area contributed by atoms with Crippen molar-refractivity contribution in [1.29, 1.82) is 0 Å². The normalized spacial score (nSPS) is 10.6. The van der Waals surface area contributed by atoms with E-state index in [1.54, 1.807) is 0 Å². The molecule has 0 aliphatic heterocycles. The zero-order chi connectivity index (χ0) is 13.5. The van der Waals surface area contributed by atoms with Crippen LogP contribution in [0.5, 0.6) is 0 Å². The average Bonchev–Trinajstić information content (AvgIpc) is 2.75. The third kappa shape index (κ3) is 4.91. The Morgan fingerprint density at radius 3 is 2.78 bits per heavy atom. The predicted octanol–water partition coefficient (Wildman–Crippen LogP) is -0.956. The van der Waals surface area contributed by atoms with E-state index in [0.717, 1.165) is 0 Å². The zero-order valence-corrected chi connectivity index (χ0v) is 10.5. The van der Waals surface area contributed by atoms with Gasteiger partial charge < -0.3 is 15.3 Å². The van der Waals surface area contributed by atoms with Gasteiger partial charge in [-0.1, -0.05) is 5.21 Å². The third-order valence-corrected chi connectivity index (χ3v) is 2.21. The minimum Gasteiger partial charge on any atom is -0.476 e. The Kier molecular flexibility index (Phi) is 5.25. The van der Waals surface area contributed by atoms with Gasteiger partial charge in [0, 0.05) is 19.5 Å². The first-order valence-electron chi connectivity index (χ1n) is 5.54. The molecule has 0 aliphatic rings. The Balaban J connectivity index is 2.24. The lowest BCUT2D eigenvalue weighted by atomic mass is 10.4. The molecule has 0 saturated heterocycles. The highest BCUT2D eigenvalue weighted by Gasteiger charge is 2.08. The summed E-state index contributed by atoms with van der Waals surface area (Å²) in [4.78, 5) is 23.9. The van der Waals surface area contributed by atoms with E-state index in [0.29, 0.717) is 26.1 Å². The maximum atomic E-state index is 11.4. The van der Waals surface area contributed by atoms with E-state index in [9.17, 15) is 9.59 Å². The molecule has 8 nitrogen and oxygen atoms in total. The maximum Gasteiger partial charge on any atom is 0.358 e. The van der Waals surface area contributed by atoms with Gasteiger partial charge in [-0.05, 0) is 14.1 Å². The van der Waals surface area contributed by atoms with Crippen LogP contribution in [0.2, 0.25) is 0 Å². The van der Waals surface area contributed by atoms with Gasteiger partial charge in [-0.3, -0.25) is 4.79 Å². The first-order chi connectivity index (χ1) is 8.49. The summed E-state index contributed by atoms with van der Waals surface area (Å²) >= 11 is 0. The smallest absolute Gasteiger partial charge is 0.358 e. The number of carbonyl (C=O) groups is 2. The SMILES string of the molecule is CN(C)CCC(=O)NCCn1cc(C(=O)O)nn1. The molecular formula is C10H17N5O3. The Morgan fingerprint density at radius 2 is 2.22 bits per heavy atom. The molecule has 0 bridgehead atoms. The van der Waals surface area contributed by atoms with Crippen LogP contribution in [-0.4, -0.2) is 64.1 Å². The van der Waals surface area contributed by atoms with Crippen LogP contribution >= 0.6 is 0 Å². The van der Waals surface area contributed by atoms with Crippen molar-refractivity contribution in [2.75, 3.05) is 27.2 Å². The van der Waals surface area contributed by atoms with Gasteiger partial charge in [0.25, 0.3) is 0 Å². The fourth-order valence-electron chi connectivity index (χ4n) is 1.23. The van der Waals surface area contributed by atoms with E-state index in [1.807, 2.05) is 19.0 Å². The summed E-state index contributed by atoms with van der Waals surface area (Å²) in [5.41, 5.74) is -0.103. The van der Waals surface area contributed by atoms with E-state index < -0.39 is 5.97 Å². The fraction of sp³-hybridized carbons (Fsp3) is 0.600. The molecule has 0 saturated carbocycles. The van der Waals surface area contributed by atoms with Gasteiger partial charge >= 0.3 is 5.97 Å². The quantitative estimate of drug-likeness (QED) is 0.651. The number of carboxylic acid groups (broad SMARTS) is 1. The Morgan fingerprint density at radius 1 is 1.50 bits per heavy atom. The van der Waals surface area contributed by atoms with E-state index in [2.05, 4.69) is 15.6 Å². The summed E-state index contributed by atoms with van der Waals surface area (Å²) in [7, 11) is 3.80. The molecule has 1 aromatic rings. The molecule has 1 rings (SSSR count). The third-order valence-electron chi connectivity index (χ3n) is 2.21. The van der Waals surface area contributed by atoms with E-state index in [-0.39, 0.29) is 11.6 Å². The van der Waals surface area contributed by atoms with Crippen LogP contribution in [0, 0.1) is 0 Å². The number of aromatic nitrogens is 3. The number of nitrogens with zero attached hydrogens (tertiary/aromatic N) is 4. The highest BCUT2D eigenvalue weighted by atomic mass is 16.4. The van der Waals surface area contributed by atoms with Crippen molar-refractivity contribution in [3.05, 3.63) is 11.9 Å². The summed E-state index contributed by atoms with van der Waals surface area (Å²) in [6.07, 6.45) is 1.76. The van der Waals surface area contributed by atoms with Gasteiger partial charge in [-0.2, -0.15) is 0 Å². The Labute approximate surface area is 105 Å². The molecule has 2 N–H and O–H groups in total. The molecular weight excluding hydrogens is 238 g/mol. The van der Waals surface area contributed by atoms with Gasteiger partial charge in [0.05, 0.1) is 12.7 Å². The van der Waals surface area contributed by atoms with E-state index in [1.165, 1.54) is 10.9 Å². The molecule has 18 heavy (non-hydrogen) atoms. The van der Waals surface area contributed by atoms with E-state index >= 15 is 0 Å². The summed E-state index contributed by atoms with van der Waals surface area (Å²) in [5, 5.41) is 18.5. The second-order valence-electron chi connectivity index (χ2n) is 4.08. The van der Waals surface area contributed by atoms with Crippen LogP contribution in [0.3, 0.4) is 0 Å². The van der Waals surface area contributed by atoms with Crippen molar-refractivity contribution < 1.29 is 14.7 Å². The highest BCUT2D eigenvalue weighted by Crippen LogP contribution is 1.92. The van der Waals surface area contributed by atoms with Gasteiger partial charge in [0.2, 0.25) is 5.91 Å². The van der Waals surface area contributed by atoms with Crippen LogP contribution in [0.1, 0.15) is 16.9 Å². The first-order valence-corrected chi connectivity index (χ1v) is 5.54. The Hall–Kier alpha value is -1.96. The van der Waals surface area contributed by atoms with Gasteiger partial charge in [0.1, 0.15) is 0 Å². The molecule has 0 aromatic carbocycles. The summed E-state index contributed by atoms with van der Waals surface area (Å²) in [6, 6.07) is 0. The van der Waals surface area contributed by atoms with Gasteiger partial charge in [-0.25, -0.2) is 9.48 Å². The summed E-state index contributed by atoms with van der Waals surface area (Å²) in [5.74, 6) is -1.15.